The average Bonchev–Trinajstić information content (AvgIpc) is 2.98. The molecule has 1 aliphatic heterocycles. The van der Waals surface area contributed by atoms with Crippen LogP contribution in [0.4, 0.5) is 5.69 Å². The van der Waals surface area contributed by atoms with Crippen LogP contribution in [0.5, 0.6) is 0 Å². The van der Waals surface area contributed by atoms with Crippen LogP contribution in [0.25, 0.3) is 0 Å². The summed E-state index contributed by atoms with van der Waals surface area (Å²) in [5.74, 6) is -0.151. The lowest BCUT2D eigenvalue weighted by atomic mass is 9.87. The van der Waals surface area contributed by atoms with Crippen LogP contribution in [-0.2, 0) is 9.59 Å². The van der Waals surface area contributed by atoms with Gasteiger partial charge in [-0.25, -0.2) is 4.90 Å². The number of nitrogens with zero attached hydrogens (tertiary/aromatic N) is 2. The lowest BCUT2D eigenvalue weighted by molar-refractivity contribution is -0.124. The van der Waals surface area contributed by atoms with Gasteiger partial charge in [0, 0.05) is 17.1 Å². The van der Waals surface area contributed by atoms with Crippen molar-refractivity contribution in [3.05, 3.63) is 29.3 Å². The fourth-order valence-electron chi connectivity index (χ4n) is 5.30. The lowest BCUT2D eigenvalue weighted by Crippen LogP contribution is -2.53. The van der Waals surface area contributed by atoms with Crippen molar-refractivity contribution in [2.45, 2.75) is 88.8 Å². The SMILES string of the molecule is O=C1CC(N(C2CCCCC2)C2CCCCC2)C(=O)N1c1cccc(Cl)c1. The molecule has 27 heavy (non-hydrogen) atoms. The van der Waals surface area contributed by atoms with E-state index in [0.29, 0.717) is 29.2 Å². The summed E-state index contributed by atoms with van der Waals surface area (Å²) in [6.45, 7) is 0. The van der Waals surface area contributed by atoms with Gasteiger partial charge in [0.2, 0.25) is 5.91 Å². The van der Waals surface area contributed by atoms with E-state index in [-0.39, 0.29) is 17.9 Å². The van der Waals surface area contributed by atoms with Gasteiger partial charge in [-0.2, -0.15) is 0 Å². The number of carbonyl (C=O) groups excluding carboxylic acids is 2. The smallest absolute Gasteiger partial charge is 0.251 e. The lowest BCUT2D eigenvalue weighted by Gasteiger charge is -2.44. The van der Waals surface area contributed by atoms with Gasteiger partial charge in [-0.05, 0) is 43.9 Å². The Morgan fingerprint density at radius 1 is 0.889 bits per heavy atom. The van der Waals surface area contributed by atoms with E-state index in [4.69, 9.17) is 11.6 Å². The highest BCUT2D eigenvalue weighted by Crippen LogP contribution is 2.36. The Morgan fingerprint density at radius 3 is 2.04 bits per heavy atom. The molecule has 0 N–H and O–H groups in total. The van der Waals surface area contributed by atoms with E-state index in [1.807, 2.05) is 0 Å². The molecule has 4 rings (SSSR count). The summed E-state index contributed by atoms with van der Waals surface area (Å²) in [6.07, 6.45) is 12.5. The zero-order chi connectivity index (χ0) is 18.8. The number of amides is 2. The van der Waals surface area contributed by atoms with Crippen molar-refractivity contribution in [3.8, 4) is 0 Å². The maximum atomic E-state index is 13.4. The first-order valence-electron chi connectivity index (χ1n) is 10.5. The summed E-state index contributed by atoms with van der Waals surface area (Å²) in [6, 6.07) is 7.67. The van der Waals surface area contributed by atoms with Gasteiger partial charge >= 0.3 is 0 Å². The number of carbonyl (C=O) groups is 2. The normalized spacial score (nSPS) is 25.6. The zero-order valence-corrected chi connectivity index (χ0v) is 16.7. The first-order chi connectivity index (χ1) is 13.1. The standard InChI is InChI=1S/C22H29ClN2O2/c23-16-8-7-13-19(14-16)25-21(26)15-20(22(25)27)24(17-9-3-1-4-10-17)18-11-5-2-6-12-18/h7-8,13-14,17-18,20H,1-6,9-12,15H2. The van der Waals surface area contributed by atoms with Gasteiger partial charge in [0.05, 0.1) is 18.2 Å². The Labute approximate surface area is 166 Å². The summed E-state index contributed by atoms with van der Waals surface area (Å²) in [4.78, 5) is 30.0. The van der Waals surface area contributed by atoms with Crippen LogP contribution in [-0.4, -0.2) is 34.8 Å². The third-order valence-corrected chi connectivity index (χ3v) is 6.78. The second kappa shape index (κ2) is 8.32. The third-order valence-electron chi connectivity index (χ3n) is 6.54. The number of imide groups is 1. The van der Waals surface area contributed by atoms with Gasteiger partial charge in [-0.1, -0.05) is 56.2 Å². The quantitative estimate of drug-likeness (QED) is 0.686. The van der Waals surface area contributed by atoms with E-state index < -0.39 is 0 Å². The monoisotopic (exact) mass is 388 g/mol. The minimum absolute atomic E-state index is 0.0570. The molecule has 2 amide bonds. The predicted molar refractivity (Wildman–Crippen MR) is 108 cm³/mol. The highest BCUT2D eigenvalue weighted by Gasteiger charge is 2.46. The molecule has 1 atom stereocenters. The first-order valence-corrected chi connectivity index (χ1v) is 10.9. The highest BCUT2D eigenvalue weighted by molar-refractivity contribution is 6.31. The molecule has 1 saturated heterocycles. The van der Waals surface area contributed by atoms with E-state index in [1.165, 1.54) is 43.4 Å². The second-order valence-electron chi connectivity index (χ2n) is 8.30. The molecule has 0 radical (unpaired) electrons. The number of anilines is 1. The number of hydrogen-bond acceptors (Lipinski definition) is 3. The van der Waals surface area contributed by atoms with Gasteiger partial charge < -0.3 is 0 Å². The van der Waals surface area contributed by atoms with Crippen LogP contribution >= 0.6 is 11.6 Å². The Morgan fingerprint density at radius 2 is 1.48 bits per heavy atom. The molecule has 1 aromatic rings. The van der Waals surface area contributed by atoms with Crippen molar-refractivity contribution in [1.29, 1.82) is 0 Å². The van der Waals surface area contributed by atoms with Crippen LogP contribution < -0.4 is 4.90 Å². The summed E-state index contributed by atoms with van der Waals surface area (Å²) >= 11 is 6.10. The van der Waals surface area contributed by atoms with E-state index in [9.17, 15) is 9.59 Å². The summed E-state index contributed by atoms with van der Waals surface area (Å²) in [7, 11) is 0. The van der Waals surface area contributed by atoms with Crippen molar-refractivity contribution in [3.63, 3.8) is 0 Å². The van der Waals surface area contributed by atoms with Crippen molar-refractivity contribution in [1.82, 2.24) is 4.90 Å². The minimum Gasteiger partial charge on any atom is -0.286 e. The molecule has 0 bridgehead atoms. The number of halogens is 1. The molecule has 1 unspecified atom stereocenters. The molecule has 146 valence electrons. The van der Waals surface area contributed by atoms with Crippen molar-refractivity contribution in [2.24, 2.45) is 0 Å². The summed E-state index contributed by atoms with van der Waals surface area (Å²) in [5.41, 5.74) is 0.604. The number of benzene rings is 1. The molecule has 1 aromatic carbocycles. The molecule has 2 aliphatic carbocycles. The first kappa shape index (κ1) is 18.9. The maximum absolute atomic E-state index is 13.4. The fourth-order valence-corrected chi connectivity index (χ4v) is 5.49. The predicted octanol–water partition coefficient (Wildman–Crippen LogP) is 4.94. The molecule has 3 fully saturated rings. The van der Waals surface area contributed by atoms with Gasteiger partial charge in [0.15, 0.2) is 0 Å². The van der Waals surface area contributed by atoms with E-state index in [0.717, 1.165) is 25.7 Å². The van der Waals surface area contributed by atoms with Crippen molar-refractivity contribution in [2.75, 3.05) is 4.90 Å². The fraction of sp³-hybridized carbons (Fsp3) is 0.636. The van der Waals surface area contributed by atoms with Crippen LogP contribution in [0, 0.1) is 0 Å². The van der Waals surface area contributed by atoms with Gasteiger partial charge in [0.1, 0.15) is 0 Å². The molecular formula is C22H29ClN2O2. The molecule has 5 heteroatoms. The Kier molecular flexibility index (Phi) is 5.84. The highest BCUT2D eigenvalue weighted by atomic mass is 35.5. The summed E-state index contributed by atoms with van der Waals surface area (Å²) in [5, 5.41) is 0.549. The number of rotatable bonds is 4. The minimum atomic E-state index is -0.303. The van der Waals surface area contributed by atoms with Crippen LogP contribution in [0.2, 0.25) is 5.02 Å². The molecule has 1 heterocycles. The second-order valence-corrected chi connectivity index (χ2v) is 8.73. The van der Waals surface area contributed by atoms with Crippen LogP contribution in [0.3, 0.4) is 0 Å². The molecule has 0 spiro atoms. The van der Waals surface area contributed by atoms with Crippen molar-refractivity contribution >= 4 is 29.1 Å². The van der Waals surface area contributed by atoms with E-state index in [2.05, 4.69) is 4.90 Å². The van der Waals surface area contributed by atoms with Gasteiger partial charge in [-0.15, -0.1) is 0 Å². The maximum Gasteiger partial charge on any atom is 0.251 e. The van der Waals surface area contributed by atoms with E-state index >= 15 is 0 Å². The van der Waals surface area contributed by atoms with E-state index in [1.54, 1.807) is 24.3 Å². The van der Waals surface area contributed by atoms with Crippen LogP contribution in [0.1, 0.15) is 70.6 Å². The molecule has 2 saturated carbocycles. The Balaban J connectivity index is 1.61. The Hall–Kier alpha value is -1.39. The van der Waals surface area contributed by atoms with Crippen molar-refractivity contribution < 1.29 is 9.59 Å². The zero-order valence-electron chi connectivity index (χ0n) is 15.9. The van der Waals surface area contributed by atoms with Crippen LogP contribution in [0.15, 0.2) is 24.3 Å². The Bertz CT molecular complexity index is 677. The topological polar surface area (TPSA) is 40.6 Å². The third kappa shape index (κ3) is 3.93. The molecule has 3 aliphatic rings. The molecular weight excluding hydrogens is 360 g/mol. The molecule has 4 nitrogen and oxygen atoms in total. The largest absolute Gasteiger partial charge is 0.286 e. The summed E-state index contributed by atoms with van der Waals surface area (Å²) < 4.78 is 0. The van der Waals surface area contributed by atoms with Gasteiger partial charge in [-0.3, -0.25) is 14.5 Å². The van der Waals surface area contributed by atoms with Gasteiger partial charge in [0.25, 0.3) is 5.91 Å². The average molecular weight is 389 g/mol. The number of hydrogen-bond donors (Lipinski definition) is 0. The molecule has 0 aromatic heterocycles.